The number of rotatable bonds is 8. The summed E-state index contributed by atoms with van der Waals surface area (Å²) in [6.45, 7) is 3.50. The maximum atomic E-state index is 14.0. The van der Waals surface area contributed by atoms with Crippen LogP contribution in [0.5, 0.6) is 5.75 Å². The molecule has 0 saturated carbocycles. The number of nitrogens with one attached hydrogen (secondary N) is 1. The molecule has 4 aromatic rings. The number of carbonyl (C=O) groups is 2. The average Bonchev–Trinajstić information content (AvgIpc) is 3.23. The highest BCUT2D eigenvalue weighted by Crippen LogP contribution is 2.32. The molecule has 4 rings (SSSR count). The molecule has 2 N–H and O–H groups in total. The molecule has 0 unspecified atom stereocenters. The zero-order chi connectivity index (χ0) is 25.7. The van der Waals surface area contributed by atoms with E-state index in [0.717, 1.165) is 5.56 Å². The van der Waals surface area contributed by atoms with Crippen molar-refractivity contribution in [1.29, 1.82) is 0 Å². The minimum Gasteiger partial charge on any atom is -0.489 e. The Balaban J connectivity index is 1.40. The Hall–Kier alpha value is -4.66. The van der Waals surface area contributed by atoms with E-state index in [4.69, 9.17) is 19.1 Å². The number of aryl methyl sites for hydroxylation is 1. The van der Waals surface area contributed by atoms with Gasteiger partial charge in [0.2, 0.25) is 0 Å². The number of ether oxygens (including phenoxy) is 2. The number of carbonyl (C=O) groups excluding carboxylic acids is 1. The normalized spacial score (nSPS) is 11.5. The lowest BCUT2D eigenvalue weighted by molar-refractivity contribution is 0.0696. The molecular weight excluding hydrogens is 467 g/mol. The van der Waals surface area contributed by atoms with Crippen molar-refractivity contribution in [3.63, 3.8) is 0 Å². The van der Waals surface area contributed by atoms with Crippen LogP contribution in [0, 0.1) is 12.7 Å². The van der Waals surface area contributed by atoms with Gasteiger partial charge in [0.05, 0.1) is 5.56 Å². The largest absolute Gasteiger partial charge is 0.489 e. The van der Waals surface area contributed by atoms with Crippen LogP contribution in [0.1, 0.15) is 40.3 Å². The predicted octanol–water partition coefficient (Wildman–Crippen LogP) is 6.38. The van der Waals surface area contributed by atoms with Crippen LogP contribution in [0.4, 0.5) is 14.9 Å². The molecule has 0 fully saturated rings. The van der Waals surface area contributed by atoms with Crippen molar-refractivity contribution >= 4 is 17.7 Å². The van der Waals surface area contributed by atoms with Gasteiger partial charge in [-0.15, -0.1) is 0 Å². The number of amides is 1. The summed E-state index contributed by atoms with van der Waals surface area (Å²) in [5.41, 5.74) is 2.71. The maximum absolute atomic E-state index is 14.0. The van der Waals surface area contributed by atoms with Crippen molar-refractivity contribution in [1.82, 2.24) is 5.16 Å². The first-order valence-electron chi connectivity index (χ1n) is 11.1. The van der Waals surface area contributed by atoms with Gasteiger partial charge >= 0.3 is 12.1 Å². The lowest BCUT2D eigenvalue weighted by Crippen LogP contribution is -2.17. The molecule has 0 aliphatic heterocycles. The lowest BCUT2D eigenvalue weighted by atomic mass is 10.1. The Morgan fingerprint density at radius 3 is 2.42 bits per heavy atom. The molecule has 0 spiro atoms. The summed E-state index contributed by atoms with van der Waals surface area (Å²) in [5.74, 6) is -0.471. The quantitative estimate of drug-likeness (QED) is 0.295. The lowest BCUT2D eigenvalue weighted by Gasteiger charge is -2.15. The van der Waals surface area contributed by atoms with E-state index in [1.165, 1.54) is 18.2 Å². The van der Waals surface area contributed by atoms with Crippen molar-refractivity contribution in [3.05, 3.63) is 101 Å². The zero-order valence-corrected chi connectivity index (χ0v) is 19.5. The molecule has 0 aliphatic carbocycles. The van der Waals surface area contributed by atoms with E-state index in [1.807, 2.05) is 0 Å². The first-order valence-corrected chi connectivity index (χ1v) is 11.1. The van der Waals surface area contributed by atoms with Crippen molar-refractivity contribution in [2.24, 2.45) is 0 Å². The summed E-state index contributed by atoms with van der Waals surface area (Å²) in [6.07, 6.45) is -1.57. The van der Waals surface area contributed by atoms with Crippen LogP contribution >= 0.6 is 0 Å². The number of nitrogens with zero attached hydrogens (tertiary/aromatic N) is 1. The number of hydrogen-bond acceptors (Lipinski definition) is 6. The fraction of sp³-hybridized carbons (Fsp3) is 0.148. The van der Waals surface area contributed by atoms with Crippen LogP contribution in [0.15, 0.2) is 77.3 Å². The topological polar surface area (TPSA) is 111 Å². The first-order chi connectivity index (χ1) is 17.3. The SMILES string of the molecule is Cc1onc(-c2ccc(OCc3ccc(C(=O)O)cc3)cc2)c1NC(=O)O[C@H](C)c1ccccc1F. The van der Waals surface area contributed by atoms with E-state index in [0.29, 0.717) is 28.5 Å². The molecular formula is C27H23FN2O6. The second-order valence-corrected chi connectivity index (χ2v) is 7.97. The molecule has 9 heteroatoms. The molecule has 184 valence electrons. The van der Waals surface area contributed by atoms with Gasteiger partial charge in [0.25, 0.3) is 0 Å². The molecule has 0 radical (unpaired) electrons. The summed E-state index contributed by atoms with van der Waals surface area (Å²) in [4.78, 5) is 23.5. The minimum absolute atomic E-state index is 0.209. The number of halogens is 1. The van der Waals surface area contributed by atoms with Gasteiger partial charge in [0, 0.05) is 11.1 Å². The molecule has 8 nitrogen and oxygen atoms in total. The number of benzene rings is 3. The molecule has 3 aromatic carbocycles. The van der Waals surface area contributed by atoms with Crippen LogP contribution in [-0.4, -0.2) is 22.3 Å². The molecule has 1 amide bonds. The number of carboxylic acid groups (broad SMARTS) is 1. The van der Waals surface area contributed by atoms with E-state index in [9.17, 15) is 14.0 Å². The third-order valence-electron chi connectivity index (χ3n) is 5.45. The van der Waals surface area contributed by atoms with E-state index < -0.39 is 24.0 Å². The van der Waals surface area contributed by atoms with Crippen LogP contribution in [0.25, 0.3) is 11.3 Å². The Morgan fingerprint density at radius 2 is 1.75 bits per heavy atom. The van der Waals surface area contributed by atoms with Crippen LogP contribution in [0.3, 0.4) is 0 Å². The van der Waals surface area contributed by atoms with Crippen LogP contribution < -0.4 is 10.1 Å². The molecule has 0 aliphatic rings. The molecule has 1 atom stereocenters. The number of carboxylic acids is 1. The summed E-state index contributed by atoms with van der Waals surface area (Å²) in [6, 6.07) is 19.5. The first kappa shape index (κ1) is 24.5. The van der Waals surface area contributed by atoms with Gasteiger partial charge in [-0.2, -0.15) is 0 Å². The predicted molar refractivity (Wildman–Crippen MR) is 129 cm³/mol. The van der Waals surface area contributed by atoms with E-state index >= 15 is 0 Å². The summed E-state index contributed by atoms with van der Waals surface area (Å²) in [7, 11) is 0. The second-order valence-electron chi connectivity index (χ2n) is 7.97. The number of aromatic nitrogens is 1. The molecule has 0 bridgehead atoms. The maximum Gasteiger partial charge on any atom is 0.412 e. The van der Waals surface area contributed by atoms with Gasteiger partial charge in [-0.1, -0.05) is 35.5 Å². The molecule has 1 heterocycles. The van der Waals surface area contributed by atoms with Crippen molar-refractivity contribution in [2.45, 2.75) is 26.6 Å². The van der Waals surface area contributed by atoms with Gasteiger partial charge in [0.1, 0.15) is 35.7 Å². The Morgan fingerprint density at radius 1 is 1.06 bits per heavy atom. The van der Waals surface area contributed by atoms with Gasteiger partial charge < -0.3 is 19.1 Å². The van der Waals surface area contributed by atoms with Gasteiger partial charge in [0.15, 0.2) is 5.76 Å². The Labute approximate surface area is 206 Å². The van der Waals surface area contributed by atoms with Gasteiger partial charge in [-0.05, 0) is 61.9 Å². The number of anilines is 1. The van der Waals surface area contributed by atoms with Crippen molar-refractivity contribution in [3.8, 4) is 17.0 Å². The van der Waals surface area contributed by atoms with Crippen LogP contribution in [0.2, 0.25) is 0 Å². The smallest absolute Gasteiger partial charge is 0.412 e. The molecule has 1 aromatic heterocycles. The van der Waals surface area contributed by atoms with E-state index in [2.05, 4.69) is 10.5 Å². The van der Waals surface area contributed by atoms with Gasteiger partial charge in [-0.3, -0.25) is 5.32 Å². The molecule has 0 saturated heterocycles. The monoisotopic (exact) mass is 490 g/mol. The summed E-state index contributed by atoms with van der Waals surface area (Å²) >= 11 is 0. The van der Waals surface area contributed by atoms with Crippen molar-refractivity contribution in [2.75, 3.05) is 5.32 Å². The van der Waals surface area contributed by atoms with Crippen LogP contribution in [-0.2, 0) is 11.3 Å². The third kappa shape index (κ3) is 5.69. The Kier molecular flexibility index (Phi) is 7.29. The zero-order valence-electron chi connectivity index (χ0n) is 19.5. The fourth-order valence-electron chi connectivity index (χ4n) is 3.50. The second kappa shape index (κ2) is 10.7. The minimum atomic E-state index is -0.983. The standard InChI is InChI=1S/C27H23FN2O6/c1-16(22-5-3-4-6-23(22)28)35-27(33)29-24-17(2)36-30-25(24)19-11-13-21(14-12-19)34-15-18-7-9-20(10-8-18)26(31)32/h3-14,16H,15H2,1-2H3,(H,29,33)(H,31,32)/t16-/m1/s1. The highest BCUT2D eigenvalue weighted by atomic mass is 19.1. The number of hydrogen-bond donors (Lipinski definition) is 2. The summed E-state index contributed by atoms with van der Waals surface area (Å²) < 4.78 is 30.4. The average molecular weight is 490 g/mol. The highest BCUT2D eigenvalue weighted by Gasteiger charge is 2.20. The summed E-state index contributed by atoms with van der Waals surface area (Å²) in [5, 5.41) is 15.7. The van der Waals surface area contributed by atoms with E-state index in [-0.39, 0.29) is 17.7 Å². The Bertz CT molecular complexity index is 1370. The highest BCUT2D eigenvalue weighted by molar-refractivity contribution is 5.91. The van der Waals surface area contributed by atoms with E-state index in [1.54, 1.807) is 68.4 Å². The fourth-order valence-corrected chi connectivity index (χ4v) is 3.50. The number of aromatic carboxylic acids is 1. The van der Waals surface area contributed by atoms with Crippen molar-refractivity contribution < 1.29 is 33.1 Å². The third-order valence-corrected chi connectivity index (χ3v) is 5.45. The van der Waals surface area contributed by atoms with Gasteiger partial charge in [-0.25, -0.2) is 14.0 Å². The molecule has 36 heavy (non-hydrogen) atoms.